The Hall–Kier alpha value is -1.84. The van der Waals surface area contributed by atoms with Gasteiger partial charge in [-0.25, -0.2) is 0 Å². The molecule has 2 heterocycles. The molecule has 0 saturated carbocycles. The molecule has 3 aromatic rings. The van der Waals surface area contributed by atoms with Crippen molar-refractivity contribution in [2.75, 3.05) is 20.7 Å². The zero-order valence-electron chi connectivity index (χ0n) is 12.9. The summed E-state index contributed by atoms with van der Waals surface area (Å²) in [5.41, 5.74) is 2.93. The van der Waals surface area contributed by atoms with E-state index < -0.39 is 0 Å². The first kappa shape index (κ1) is 13.8. The molecular formula is C19H19NOS. The molecule has 0 bridgehead atoms. The summed E-state index contributed by atoms with van der Waals surface area (Å²) in [4.78, 5) is 3.84. The highest BCUT2D eigenvalue weighted by atomic mass is 32.1. The van der Waals surface area contributed by atoms with Crippen molar-refractivity contribution in [1.29, 1.82) is 0 Å². The summed E-state index contributed by atoms with van der Waals surface area (Å²) >= 11 is 1.87. The second kappa shape index (κ2) is 5.41. The van der Waals surface area contributed by atoms with E-state index >= 15 is 0 Å². The van der Waals surface area contributed by atoms with Crippen LogP contribution in [0.4, 0.5) is 0 Å². The summed E-state index contributed by atoms with van der Waals surface area (Å²) in [5.74, 6) is 1.43. The highest BCUT2D eigenvalue weighted by molar-refractivity contribution is 7.19. The lowest BCUT2D eigenvalue weighted by Gasteiger charge is -2.31. The number of benzene rings is 2. The molecule has 2 nitrogen and oxygen atoms in total. The van der Waals surface area contributed by atoms with E-state index in [1.807, 2.05) is 17.4 Å². The van der Waals surface area contributed by atoms with Gasteiger partial charge in [0.05, 0.1) is 11.8 Å². The Kier molecular flexibility index (Phi) is 3.40. The van der Waals surface area contributed by atoms with Gasteiger partial charge < -0.3 is 9.64 Å². The van der Waals surface area contributed by atoms with Gasteiger partial charge in [-0.2, -0.15) is 0 Å². The SMILES string of the molecule is COc1cccc2cc(C3CN(C)Cc4ccccc43)sc12. The summed E-state index contributed by atoms with van der Waals surface area (Å²) < 4.78 is 6.77. The number of thiophene rings is 1. The van der Waals surface area contributed by atoms with Gasteiger partial charge in [0.2, 0.25) is 0 Å². The lowest BCUT2D eigenvalue weighted by molar-refractivity contribution is 0.296. The second-order valence-electron chi connectivity index (χ2n) is 5.98. The quantitative estimate of drug-likeness (QED) is 0.691. The summed E-state index contributed by atoms with van der Waals surface area (Å²) in [5, 5.41) is 1.28. The minimum absolute atomic E-state index is 0.456. The first-order valence-corrected chi connectivity index (χ1v) is 8.40. The van der Waals surface area contributed by atoms with E-state index in [2.05, 4.69) is 54.4 Å². The molecule has 4 rings (SSSR count). The van der Waals surface area contributed by atoms with Crippen molar-refractivity contribution in [3.63, 3.8) is 0 Å². The molecule has 0 N–H and O–H groups in total. The Morgan fingerprint density at radius 1 is 1.14 bits per heavy atom. The van der Waals surface area contributed by atoms with Crippen LogP contribution in [0.1, 0.15) is 21.9 Å². The maximum absolute atomic E-state index is 5.52. The van der Waals surface area contributed by atoms with Crippen molar-refractivity contribution in [3.8, 4) is 5.75 Å². The standard InChI is InChI=1S/C19H19NOS/c1-20-11-14-6-3-4-8-15(14)16(12-20)18-10-13-7-5-9-17(21-2)19(13)22-18/h3-10,16H,11-12H2,1-2H3. The van der Waals surface area contributed by atoms with Gasteiger partial charge >= 0.3 is 0 Å². The molecule has 0 amide bonds. The Morgan fingerprint density at radius 3 is 2.86 bits per heavy atom. The van der Waals surface area contributed by atoms with E-state index in [0.717, 1.165) is 18.8 Å². The van der Waals surface area contributed by atoms with E-state index in [-0.39, 0.29) is 0 Å². The third-order valence-corrected chi connectivity index (χ3v) is 5.73. The Bertz CT molecular complexity index is 823. The average molecular weight is 309 g/mol. The highest BCUT2D eigenvalue weighted by Gasteiger charge is 2.26. The molecule has 0 fully saturated rings. The number of likely N-dealkylation sites (N-methyl/N-ethyl adjacent to an activating group) is 1. The van der Waals surface area contributed by atoms with Gasteiger partial charge in [-0.1, -0.05) is 36.4 Å². The number of hydrogen-bond acceptors (Lipinski definition) is 3. The highest BCUT2D eigenvalue weighted by Crippen LogP contribution is 2.41. The average Bonchev–Trinajstić information content (AvgIpc) is 2.97. The van der Waals surface area contributed by atoms with Crippen molar-refractivity contribution in [3.05, 3.63) is 64.5 Å². The molecule has 22 heavy (non-hydrogen) atoms. The van der Waals surface area contributed by atoms with E-state index in [0.29, 0.717) is 5.92 Å². The zero-order valence-corrected chi connectivity index (χ0v) is 13.7. The topological polar surface area (TPSA) is 12.5 Å². The van der Waals surface area contributed by atoms with Crippen LogP contribution in [0.15, 0.2) is 48.5 Å². The van der Waals surface area contributed by atoms with Crippen molar-refractivity contribution in [2.45, 2.75) is 12.5 Å². The van der Waals surface area contributed by atoms with Crippen LogP contribution in [0.5, 0.6) is 5.75 Å². The molecule has 112 valence electrons. The van der Waals surface area contributed by atoms with Crippen LogP contribution in [-0.4, -0.2) is 25.6 Å². The Morgan fingerprint density at radius 2 is 2.00 bits per heavy atom. The number of rotatable bonds is 2. The largest absolute Gasteiger partial charge is 0.495 e. The fraction of sp³-hybridized carbons (Fsp3) is 0.263. The first-order chi connectivity index (χ1) is 10.8. The van der Waals surface area contributed by atoms with Crippen LogP contribution in [0, 0.1) is 0 Å². The van der Waals surface area contributed by atoms with Crippen molar-refractivity contribution < 1.29 is 4.74 Å². The monoisotopic (exact) mass is 309 g/mol. The predicted octanol–water partition coefficient (Wildman–Crippen LogP) is 4.49. The molecule has 0 spiro atoms. The van der Waals surface area contributed by atoms with Gasteiger partial charge in [0, 0.05) is 23.9 Å². The molecular weight excluding hydrogens is 290 g/mol. The van der Waals surface area contributed by atoms with Crippen molar-refractivity contribution in [2.24, 2.45) is 0 Å². The van der Waals surface area contributed by atoms with Crippen LogP contribution < -0.4 is 4.74 Å². The molecule has 1 aliphatic heterocycles. The van der Waals surface area contributed by atoms with Crippen LogP contribution >= 0.6 is 11.3 Å². The van der Waals surface area contributed by atoms with Crippen LogP contribution in [0.3, 0.4) is 0 Å². The third-order valence-electron chi connectivity index (χ3n) is 4.46. The van der Waals surface area contributed by atoms with Gasteiger partial charge in [-0.3, -0.25) is 0 Å². The van der Waals surface area contributed by atoms with Gasteiger partial charge in [-0.05, 0) is 35.7 Å². The fourth-order valence-electron chi connectivity index (χ4n) is 3.42. The molecule has 3 heteroatoms. The summed E-state index contributed by atoms with van der Waals surface area (Å²) in [6.07, 6.45) is 0. The third kappa shape index (κ3) is 2.21. The normalized spacial score (nSPS) is 18.4. The number of methoxy groups -OCH3 is 1. The van der Waals surface area contributed by atoms with Crippen LogP contribution in [0.25, 0.3) is 10.1 Å². The van der Waals surface area contributed by atoms with Crippen LogP contribution in [-0.2, 0) is 6.54 Å². The van der Waals surface area contributed by atoms with Crippen LogP contribution in [0.2, 0.25) is 0 Å². The molecule has 1 aliphatic rings. The summed E-state index contributed by atoms with van der Waals surface area (Å²) in [6, 6.07) is 17.5. The number of fused-ring (bicyclic) bond motifs is 2. The smallest absolute Gasteiger partial charge is 0.136 e. The molecule has 1 unspecified atom stereocenters. The molecule has 1 aromatic heterocycles. The zero-order chi connectivity index (χ0) is 15.1. The molecule has 2 aromatic carbocycles. The lowest BCUT2D eigenvalue weighted by atomic mass is 9.89. The Labute approximate surface area is 135 Å². The van der Waals surface area contributed by atoms with E-state index in [1.54, 1.807) is 7.11 Å². The minimum atomic E-state index is 0.456. The first-order valence-electron chi connectivity index (χ1n) is 7.59. The van der Waals surface area contributed by atoms with Crippen molar-refractivity contribution in [1.82, 2.24) is 4.90 Å². The van der Waals surface area contributed by atoms with Gasteiger partial charge in [0.1, 0.15) is 5.75 Å². The lowest BCUT2D eigenvalue weighted by Crippen LogP contribution is -2.30. The fourth-order valence-corrected chi connectivity index (χ4v) is 4.68. The van der Waals surface area contributed by atoms with E-state index in [1.165, 1.54) is 26.1 Å². The van der Waals surface area contributed by atoms with Crippen molar-refractivity contribution >= 4 is 21.4 Å². The summed E-state index contributed by atoms with van der Waals surface area (Å²) in [7, 11) is 3.95. The molecule has 0 aliphatic carbocycles. The predicted molar refractivity (Wildman–Crippen MR) is 93.0 cm³/mol. The maximum Gasteiger partial charge on any atom is 0.136 e. The number of nitrogens with zero attached hydrogens (tertiary/aromatic N) is 1. The molecule has 1 atom stereocenters. The van der Waals surface area contributed by atoms with E-state index in [9.17, 15) is 0 Å². The molecule has 0 radical (unpaired) electrons. The number of hydrogen-bond donors (Lipinski definition) is 0. The maximum atomic E-state index is 5.52. The summed E-state index contributed by atoms with van der Waals surface area (Å²) in [6.45, 7) is 2.12. The van der Waals surface area contributed by atoms with Gasteiger partial charge in [0.25, 0.3) is 0 Å². The minimum Gasteiger partial charge on any atom is -0.495 e. The molecule has 0 saturated heterocycles. The van der Waals surface area contributed by atoms with Gasteiger partial charge in [-0.15, -0.1) is 11.3 Å². The number of ether oxygens (including phenoxy) is 1. The Balaban J connectivity index is 1.85. The van der Waals surface area contributed by atoms with Gasteiger partial charge in [0.15, 0.2) is 0 Å². The second-order valence-corrected chi connectivity index (χ2v) is 7.06. The van der Waals surface area contributed by atoms with E-state index in [4.69, 9.17) is 4.74 Å².